The van der Waals surface area contributed by atoms with Gasteiger partial charge in [-0.2, -0.15) is 0 Å². The zero-order chi connectivity index (χ0) is 9.14. The maximum Gasteiger partial charge on any atom is 0.189 e. The molecule has 2 N–H and O–H groups in total. The van der Waals surface area contributed by atoms with Crippen molar-refractivity contribution in [3.63, 3.8) is 0 Å². The van der Waals surface area contributed by atoms with E-state index >= 15 is 0 Å². The first-order valence-electron chi connectivity index (χ1n) is 3.88. The van der Waals surface area contributed by atoms with Crippen LogP contribution in [0.1, 0.15) is 18.2 Å². The van der Waals surface area contributed by atoms with Crippen LogP contribution in [0, 0.1) is 13.8 Å². The van der Waals surface area contributed by atoms with Crippen LogP contribution in [0.4, 0.5) is 5.82 Å². The molecule has 1 rings (SSSR count). The molecule has 0 radical (unpaired) electrons. The van der Waals surface area contributed by atoms with Crippen LogP contribution in [-0.4, -0.2) is 15.7 Å². The third-order valence-corrected chi connectivity index (χ3v) is 2.41. The van der Waals surface area contributed by atoms with Gasteiger partial charge in [0.1, 0.15) is 5.82 Å². The standard InChI is InChI=1S/C8H13N3S/c1-4-12-8-10-6(3)5(2)7(9)11-8/h4H2,1-3H3,(H2,9,10,11). The van der Waals surface area contributed by atoms with Gasteiger partial charge < -0.3 is 5.73 Å². The van der Waals surface area contributed by atoms with Gasteiger partial charge in [-0.25, -0.2) is 9.97 Å². The summed E-state index contributed by atoms with van der Waals surface area (Å²) in [5, 5.41) is 0.776. The predicted molar refractivity (Wildman–Crippen MR) is 52.3 cm³/mol. The van der Waals surface area contributed by atoms with Crippen LogP contribution < -0.4 is 5.73 Å². The molecule has 0 aliphatic rings. The normalized spacial score (nSPS) is 10.2. The Morgan fingerprint density at radius 1 is 1.33 bits per heavy atom. The molecule has 0 unspecified atom stereocenters. The van der Waals surface area contributed by atoms with Gasteiger partial charge in [0, 0.05) is 11.3 Å². The van der Waals surface area contributed by atoms with Crippen LogP contribution in [0.3, 0.4) is 0 Å². The molecule has 66 valence electrons. The Morgan fingerprint density at radius 3 is 2.50 bits per heavy atom. The minimum atomic E-state index is 0.596. The van der Waals surface area contributed by atoms with Gasteiger partial charge in [-0.3, -0.25) is 0 Å². The highest BCUT2D eigenvalue weighted by atomic mass is 32.2. The molecule has 1 aromatic heterocycles. The van der Waals surface area contributed by atoms with E-state index in [-0.39, 0.29) is 0 Å². The van der Waals surface area contributed by atoms with Gasteiger partial charge in [0.25, 0.3) is 0 Å². The summed E-state index contributed by atoms with van der Waals surface area (Å²) in [6.07, 6.45) is 0. The van der Waals surface area contributed by atoms with Crippen molar-refractivity contribution in [2.24, 2.45) is 0 Å². The Hall–Kier alpha value is -0.770. The van der Waals surface area contributed by atoms with Gasteiger partial charge in [0.2, 0.25) is 0 Å². The molecule has 1 heterocycles. The van der Waals surface area contributed by atoms with Crippen molar-refractivity contribution in [3.05, 3.63) is 11.3 Å². The van der Waals surface area contributed by atoms with Gasteiger partial charge in [0.15, 0.2) is 5.16 Å². The second kappa shape index (κ2) is 3.76. The first kappa shape index (κ1) is 9.32. The quantitative estimate of drug-likeness (QED) is 0.561. The number of thioether (sulfide) groups is 1. The minimum absolute atomic E-state index is 0.596. The molecule has 3 nitrogen and oxygen atoms in total. The van der Waals surface area contributed by atoms with Crippen molar-refractivity contribution >= 4 is 17.6 Å². The van der Waals surface area contributed by atoms with Crippen molar-refractivity contribution in [3.8, 4) is 0 Å². The predicted octanol–water partition coefficient (Wildman–Crippen LogP) is 1.79. The van der Waals surface area contributed by atoms with E-state index in [1.807, 2.05) is 13.8 Å². The largest absolute Gasteiger partial charge is 0.383 e. The fourth-order valence-electron chi connectivity index (χ4n) is 0.818. The van der Waals surface area contributed by atoms with E-state index in [1.165, 1.54) is 0 Å². The SMILES string of the molecule is CCSc1nc(C)c(C)c(N)n1. The molecule has 12 heavy (non-hydrogen) atoms. The Kier molecular flexibility index (Phi) is 2.92. The Bertz CT molecular complexity index is 263. The summed E-state index contributed by atoms with van der Waals surface area (Å²) >= 11 is 1.61. The van der Waals surface area contributed by atoms with Crippen molar-refractivity contribution in [1.29, 1.82) is 0 Å². The maximum absolute atomic E-state index is 5.69. The number of hydrogen-bond acceptors (Lipinski definition) is 4. The molecule has 4 heteroatoms. The van der Waals surface area contributed by atoms with Crippen LogP contribution in [0.5, 0.6) is 0 Å². The molecular formula is C8H13N3S. The first-order valence-corrected chi connectivity index (χ1v) is 4.87. The molecule has 0 saturated heterocycles. The fraction of sp³-hybridized carbons (Fsp3) is 0.500. The van der Waals surface area contributed by atoms with Gasteiger partial charge in [-0.05, 0) is 19.6 Å². The summed E-state index contributed by atoms with van der Waals surface area (Å²) in [7, 11) is 0. The monoisotopic (exact) mass is 183 g/mol. The number of hydrogen-bond donors (Lipinski definition) is 1. The third kappa shape index (κ3) is 1.88. The number of rotatable bonds is 2. The molecule has 0 aliphatic carbocycles. The fourth-order valence-corrected chi connectivity index (χ4v) is 1.44. The molecule has 1 aromatic rings. The molecule has 0 amide bonds. The van der Waals surface area contributed by atoms with Crippen LogP contribution in [0.15, 0.2) is 5.16 Å². The molecule has 0 atom stereocenters. The lowest BCUT2D eigenvalue weighted by Gasteiger charge is -2.04. The van der Waals surface area contributed by atoms with E-state index in [0.717, 1.165) is 22.2 Å². The highest BCUT2D eigenvalue weighted by Gasteiger charge is 2.03. The summed E-state index contributed by atoms with van der Waals surface area (Å²) in [4.78, 5) is 8.45. The summed E-state index contributed by atoms with van der Waals surface area (Å²) < 4.78 is 0. The molecule has 0 fully saturated rings. The third-order valence-electron chi connectivity index (χ3n) is 1.68. The van der Waals surface area contributed by atoms with Crippen LogP contribution >= 0.6 is 11.8 Å². The number of anilines is 1. The van der Waals surface area contributed by atoms with E-state index < -0.39 is 0 Å². The number of nitrogen functional groups attached to an aromatic ring is 1. The molecule has 0 saturated carbocycles. The van der Waals surface area contributed by atoms with E-state index in [1.54, 1.807) is 11.8 Å². The Balaban J connectivity index is 3.04. The second-order valence-corrected chi connectivity index (χ2v) is 3.77. The van der Waals surface area contributed by atoms with Gasteiger partial charge in [-0.15, -0.1) is 0 Å². The van der Waals surface area contributed by atoms with E-state index in [4.69, 9.17) is 5.73 Å². The number of aryl methyl sites for hydroxylation is 1. The lowest BCUT2D eigenvalue weighted by Crippen LogP contribution is -2.01. The van der Waals surface area contributed by atoms with Crippen molar-refractivity contribution in [1.82, 2.24) is 9.97 Å². The highest BCUT2D eigenvalue weighted by Crippen LogP contribution is 2.17. The average molecular weight is 183 g/mol. The van der Waals surface area contributed by atoms with Crippen LogP contribution in [0.25, 0.3) is 0 Å². The van der Waals surface area contributed by atoms with E-state index in [9.17, 15) is 0 Å². The lowest BCUT2D eigenvalue weighted by atomic mass is 10.2. The van der Waals surface area contributed by atoms with Crippen molar-refractivity contribution in [2.75, 3.05) is 11.5 Å². The summed E-state index contributed by atoms with van der Waals surface area (Å²) in [6.45, 7) is 5.96. The van der Waals surface area contributed by atoms with Gasteiger partial charge >= 0.3 is 0 Å². The van der Waals surface area contributed by atoms with E-state index in [2.05, 4.69) is 16.9 Å². The van der Waals surface area contributed by atoms with Gasteiger partial charge in [0.05, 0.1) is 0 Å². The average Bonchev–Trinajstić information content (AvgIpc) is 2.01. The zero-order valence-corrected chi connectivity index (χ0v) is 8.40. The Labute approximate surface area is 76.8 Å². The number of nitrogens with two attached hydrogens (primary N) is 1. The lowest BCUT2D eigenvalue weighted by molar-refractivity contribution is 0.923. The number of nitrogens with zero attached hydrogens (tertiary/aromatic N) is 2. The maximum atomic E-state index is 5.69. The molecule has 0 aliphatic heterocycles. The smallest absolute Gasteiger partial charge is 0.189 e. The summed E-state index contributed by atoms with van der Waals surface area (Å²) in [6, 6.07) is 0. The highest BCUT2D eigenvalue weighted by molar-refractivity contribution is 7.99. The van der Waals surface area contributed by atoms with Crippen molar-refractivity contribution < 1.29 is 0 Å². The molecule has 0 aromatic carbocycles. The van der Waals surface area contributed by atoms with Crippen molar-refractivity contribution in [2.45, 2.75) is 25.9 Å². The van der Waals surface area contributed by atoms with Gasteiger partial charge in [-0.1, -0.05) is 18.7 Å². The number of aromatic nitrogens is 2. The Morgan fingerprint density at radius 2 is 2.00 bits per heavy atom. The van der Waals surface area contributed by atoms with Crippen LogP contribution in [0.2, 0.25) is 0 Å². The van der Waals surface area contributed by atoms with Crippen LogP contribution in [-0.2, 0) is 0 Å². The summed E-state index contributed by atoms with van der Waals surface area (Å²) in [5.41, 5.74) is 7.64. The topological polar surface area (TPSA) is 51.8 Å². The first-order chi connectivity index (χ1) is 5.65. The zero-order valence-electron chi connectivity index (χ0n) is 7.59. The molecule has 0 spiro atoms. The second-order valence-electron chi connectivity index (χ2n) is 2.53. The molecule has 0 bridgehead atoms. The van der Waals surface area contributed by atoms with E-state index in [0.29, 0.717) is 5.82 Å². The molecular weight excluding hydrogens is 170 g/mol. The minimum Gasteiger partial charge on any atom is -0.383 e. The summed E-state index contributed by atoms with van der Waals surface area (Å²) in [5.74, 6) is 1.57.